The number of nitrogens with zero attached hydrogens (tertiary/aromatic N) is 1. The van der Waals surface area contributed by atoms with Crippen molar-refractivity contribution < 1.29 is 14.4 Å². The molecule has 0 aliphatic carbocycles. The third-order valence-electron chi connectivity index (χ3n) is 3.91. The van der Waals surface area contributed by atoms with E-state index in [2.05, 4.69) is 5.32 Å². The zero-order chi connectivity index (χ0) is 20.1. The number of pyridine rings is 1. The van der Waals surface area contributed by atoms with E-state index in [1.165, 1.54) is 6.07 Å². The van der Waals surface area contributed by atoms with Gasteiger partial charge in [0.15, 0.2) is 17.4 Å². The van der Waals surface area contributed by atoms with Crippen LogP contribution in [-0.2, 0) is 0 Å². The van der Waals surface area contributed by atoms with E-state index >= 15 is 0 Å². The van der Waals surface area contributed by atoms with Crippen LogP contribution in [-0.4, -0.2) is 12.1 Å². The molecule has 142 valence electrons. The third kappa shape index (κ3) is 4.62. The number of benzene rings is 2. The Bertz CT molecular complexity index is 1040. The lowest BCUT2D eigenvalue weighted by atomic mass is 10.1. The number of aromatic nitrogens is 1. The van der Waals surface area contributed by atoms with Gasteiger partial charge in [-0.15, -0.1) is 0 Å². The first-order valence-electron chi connectivity index (χ1n) is 8.28. The Morgan fingerprint density at radius 3 is 2.43 bits per heavy atom. The molecule has 1 heterocycles. The Labute approximate surface area is 178 Å². The van der Waals surface area contributed by atoms with Crippen molar-refractivity contribution in [3.8, 4) is 5.75 Å². The molecule has 0 atom stereocenters. The van der Waals surface area contributed by atoms with Gasteiger partial charge in [0.25, 0.3) is 0 Å². The average Bonchev–Trinajstić information content (AvgIpc) is 2.71. The minimum atomic E-state index is -0.282. The second kappa shape index (κ2) is 9.06. The summed E-state index contributed by atoms with van der Waals surface area (Å²) >= 11 is 17.6. The highest BCUT2D eigenvalue weighted by atomic mass is 35.5. The van der Waals surface area contributed by atoms with Crippen molar-refractivity contribution in [1.29, 1.82) is 0 Å². The van der Waals surface area contributed by atoms with Gasteiger partial charge in [0.1, 0.15) is 5.75 Å². The smallest absolute Gasteiger partial charge is 0.238 e. The predicted molar refractivity (Wildman–Crippen MR) is 115 cm³/mol. The summed E-state index contributed by atoms with van der Waals surface area (Å²) in [6, 6.07) is 17.5. The Kier molecular flexibility index (Phi) is 6.52. The fraction of sp³-hybridized carbons (Fsp3) is 0.0476. The number of hydrogen-bond donors (Lipinski definition) is 1. The van der Waals surface area contributed by atoms with Gasteiger partial charge in [-0.1, -0.05) is 53.6 Å². The monoisotopic (exact) mass is 430 g/mol. The zero-order valence-electron chi connectivity index (χ0n) is 14.9. The van der Waals surface area contributed by atoms with Crippen LogP contribution in [0.5, 0.6) is 5.75 Å². The maximum atomic E-state index is 13.3. The summed E-state index contributed by atoms with van der Waals surface area (Å²) < 4.78 is 6.90. The summed E-state index contributed by atoms with van der Waals surface area (Å²) in [5, 5.41) is 17.0. The molecule has 0 amide bonds. The molecule has 3 aromatic rings. The Hall–Kier alpha value is -2.60. The fourth-order valence-electron chi connectivity index (χ4n) is 2.55. The van der Waals surface area contributed by atoms with Crippen molar-refractivity contribution in [1.82, 2.24) is 0 Å². The van der Waals surface area contributed by atoms with Gasteiger partial charge in [-0.25, -0.2) is 0 Å². The maximum absolute atomic E-state index is 13.3. The van der Waals surface area contributed by atoms with Crippen LogP contribution in [0.2, 0.25) is 10.0 Å². The largest absolute Gasteiger partial charge is 0.867 e. The number of anilines is 1. The second-order valence-electron chi connectivity index (χ2n) is 5.78. The summed E-state index contributed by atoms with van der Waals surface area (Å²) in [7, 11) is 1.59. The van der Waals surface area contributed by atoms with Crippen LogP contribution in [0.4, 0.5) is 5.69 Å². The van der Waals surface area contributed by atoms with Crippen LogP contribution in [0.15, 0.2) is 73.1 Å². The molecule has 0 fully saturated rings. The minimum Gasteiger partial charge on any atom is -0.867 e. The third-order valence-corrected chi connectivity index (χ3v) is 4.95. The highest BCUT2D eigenvalue weighted by molar-refractivity contribution is 7.81. The normalized spacial score (nSPS) is 11.5. The van der Waals surface area contributed by atoms with Crippen molar-refractivity contribution in [2.75, 3.05) is 12.4 Å². The lowest BCUT2D eigenvalue weighted by molar-refractivity contribution is -0.577. The second-order valence-corrected chi connectivity index (χ2v) is 7.00. The molecule has 0 saturated carbocycles. The molecule has 0 aliphatic heterocycles. The van der Waals surface area contributed by atoms with Crippen molar-refractivity contribution >= 4 is 57.6 Å². The summed E-state index contributed by atoms with van der Waals surface area (Å²) in [4.78, 5) is 0.264. The molecular weight excluding hydrogens is 415 g/mol. The van der Waals surface area contributed by atoms with Gasteiger partial charge in [-0.05, 0) is 35.6 Å². The van der Waals surface area contributed by atoms with Gasteiger partial charge in [0, 0.05) is 23.9 Å². The number of thiocarbonyl (C=S) groups is 1. The van der Waals surface area contributed by atoms with E-state index in [0.29, 0.717) is 27.0 Å². The highest BCUT2D eigenvalue weighted by Crippen LogP contribution is 2.26. The lowest BCUT2D eigenvalue weighted by Gasteiger charge is -2.17. The van der Waals surface area contributed by atoms with Crippen LogP contribution in [0.3, 0.4) is 0 Å². The topological polar surface area (TPSA) is 48.2 Å². The van der Waals surface area contributed by atoms with Crippen LogP contribution < -0.4 is 19.7 Å². The van der Waals surface area contributed by atoms with E-state index in [0.717, 1.165) is 0 Å². The van der Waals surface area contributed by atoms with Crippen molar-refractivity contribution in [3.63, 3.8) is 0 Å². The van der Waals surface area contributed by atoms with E-state index in [-0.39, 0.29) is 16.4 Å². The lowest BCUT2D eigenvalue weighted by Crippen LogP contribution is -2.39. The summed E-state index contributed by atoms with van der Waals surface area (Å²) in [5.41, 5.74) is 1.38. The molecule has 1 aromatic heterocycles. The first-order valence-corrected chi connectivity index (χ1v) is 9.45. The Balaban J connectivity index is 2.06. The molecule has 3 rings (SSSR count). The molecule has 0 bridgehead atoms. The first-order chi connectivity index (χ1) is 13.5. The number of methoxy groups -OCH3 is 1. The van der Waals surface area contributed by atoms with Crippen LogP contribution >= 0.6 is 35.4 Å². The maximum Gasteiger partial charge on any atom is 0.238 e. The molecule has 0 aliphatic rings. The summed E-state index contributed by atoms with van der Waals surface area (Å²) in [6.07, 6.45) is 3.51. The van der Waals surface area contributed by atoms with Crippen LogP contribution in [0.1, 0.15) is 5.56 Å². The van der Waals surface area contributed by atoms with E-state index in [4.69, 9.17) is 40.2 Å². The zero-order valence-corrected chi connectivity index (χ0v) is 17.2. The van der Waals surface area contributed by atoms with E-state index in [1.54, 1.807) is 42.3 Å². The molecule has 28 heavy (non-hydrogen) atoms. The van der Waals surface area contributed by atoms with Gasteiger partial charge in [0.05, 0.1) is 17.2 Å². The number of hydrogen-bond acceptors (Lipinski definition) is 3. The van der Waals surface area contributed by atoms with Crippen molar-refractivity contribution in [2.45, 2.75) is 0 Å². The standard InChI is InChI=1S/C21H16Cl2N2O2S/c1-27-16-7-5-6-15(13-16)24-21(28)19(25-10-3-2-4-11-25)20(26)14-8-9-17(22)18(23)12-14/h2-13H,1H3,(H-,24,26,28). The number of ether oxygens (including phenoxy) is 1. The molecular formula is C21H16Cl2N2O2S. The van der Waals surface area contributed by atoms with Gasteiger partial charge in [0.2, 0.25) is 5.70 Å². The van der Waals surface area contributed by atoms with Gasteiger partial charge in [-0.2, -0.15) is 4.57 Å². The van der Waals surface area contributed by atoms with E-state index in [9.17, 15) is 5.11 Å². The van der Waals surface area contributed by atoms with Gasteiger partial charge < -0.3 is 15.2 Å². The molecule has 7 heteroatoms. The molecule has 0 spiro atoms. The molecule has 2 aromatic carbocycles. The minimum absolute atomic E-state index is 0.264. The fourth-order valence-corrected chi connectivity index (χ4v) is 3.16. The predicted octanol–water partition coefficient (Wildman–Crippen LogP) is 4.42. The molecule has 4 nitrogen and oxygen atoms in total. The quantitative estimate of drug-likeness (QED) is 0.281. The van der Waals surface area contributed by atoms with Crippen LogP contribution in [0, 0.1) is 0 Å². The SMILES string of the molecule is COc1cccc(NC(=S)/C(=C(\[O-])c2ccc(Cl)c(Cl)c2)[n+]2ccccc2)c1. The molecule has 0 saturated heterocycles. The summed E-state index contributed by atoms with van der Waals surface area (Å²) in [5.74, 6) is 0.396. The molecule has 0 unspecified atom stereocenters. The average molecular weight is 431 g/mol. The van der Waals surface area contributed by atoms with E-state index < -0.39 is 0 Å². The first kappa shape index (κ1) is 20.1. The van der Waals surface area contributed by atoms with E-state index in [1.807, 2.05) is 36.4 Å². The van der Waals surface area contributed by atoms with Gasteiger partial charge in [-0.3, -0.25) is 0 Å². The Morgan fingerprint density at radius 2 is 1.75 bits per heavy atom. The Morgan fingerprint density at radius 1 is 1.00 bits per heavy atom. The van der Waals surface area contributed by atoms with Crippen LogP contribution in [0.25, 0.3) is 11.5 Å². The number of halogens is 2. The molecule has 1 N–H and O–H groups in total. The molecule has 0 radical (unpaired) electrons. The summed E-state index contributed by atoms with van der Waals surface area (Å²) in [6.45, 7) is 0. The van der Waals surface area contributed by atoms with Gasteiger partial charge >= 0.3 is 0 Å². The number of rotatable bonds is 5. The number of nitrogens with one attached hydrogen (secondary N) is 1. The van der Waals surface area contributed by atoms with Crippen molar-refractivity contribution in [3.05, 3.63) is 88.7 Å². The van der Waals surface area contributed by atoms with Crippen molar-refractivity contribution in [2.24, 2.45) is 0 Å². The highest BCUT2D eigenvalue weighted by Gasteiger charge is 2.19.